The van der Waals surface area contributed by atoms with E-state index in [0.29, 0.717) is 18.7 Å². The van der Waals surface area contributed by atoms with E-state index < -0.39 is 22.2 Å². The molecule has 0 spiro atoms. The zero-order chi connectivity index (χ0) is 20.7. The van der Waals surface area contributed by atoms with E-state index in [4.69, 9.17) is 15.2 Å². The third kappa shape index (κ3) is 6.47. The molecule has 2 unspecified atom stereocenters. The first kappa shape index (κ1) is 22.1. The van der Waals surface area contributed by atoms with Crippen LogP contribution in [0.25, 0.3) is 10.8 Å². The summed E-state index contributed by atoms with van der Waals surface area (Å²) in [5.74, 6) is -0.0310. The van der Waals surface area contributed by atoms with Gasteiger partial charge in [0, 0.05) is 13.7 Å². The summed E-state index contributed by atoms with van der Waals surface area (Å²) in [5, 5.41) is 1.95. The topological polar surface area (TPSA) is 106 Å². The first-order valence-electron chi connectivity index (χ1n) is 9.19. The lowest BCUT2D eigenvalue weighted by Gasteiger charge is -2.17. The van der Waals surface area contributed by atoms with Crippen LogP contribution in [0.3, 0.4) is 0 Å². The van der Waals surface area contributed by atoms with Gasteiger partial charge in [-0.15, -0.1) is 0 Å². The number of carbonyl (C=O) groups is 1. The minimum Gasteiger partial charge on any atom is -0.464 e. The van der Waals surface area contributed by atoms with E-state index >= 15 is 0 Å². The van der Waals surface area contributed by atoms with Crippen LogP contribution in [0.2, 0.25) is 0 Å². The second-order valence-corrected chi connectivity index (χ2v) is 8.67. The number of nitrogens with one attached hydrogen (secondary N) is 2. The maximum absolute atomic E-state index is 11.8. The molecule has 7 nitrogen and oxygen atoms in total. The van der Waals surface area contributed by atoms with Crippen molar-refractivity contribution in [2.75, 3.05) is 19.4 Å². The lowest BCUT2D eigenvalue weighted by molar-refractivity contribution is -0.127. The fraction of sp³-hybridized carbons (Fsp3) is 0.450. The Bertz CT molecular complexity index is 914. The molecule has 0 aliphatic carbocycles. The van der Waals surface area contributed by atoms with Crippen molar-refractivity contribution in [1.82, 2.24) is 10.5 Å². The van der Waals surface area contributed by atoms with Gasteiger partial charge >= 0.3 is 0 Å². The predicted molar refractivity (Wildman–Crippen MR) is 109 cm³/mol. The van der Waals surface area contributed by atoms with Crippen LogP contribution >= 0.6 is 0 Å². The maximum atomic E-state index is 11.8. The van der Waals surface area contributed by atoms with Crippen molar-refractivity contribution in [2.24, 2.45) is 0 Å². The van der Waals surface area contributed by atoms with Gasteiger partial charge < -0.3 is 9.47 Å². The lowest BCUT2D eigenvalue weighted by Crippen LogP contribution is -2.29. The number of rotatable bonds is 11. The van der Waals surface area contributed by atoms with Crippen molar-refractivity contribution in [3.05, 3.63) is 42.0 Å². The van der Waals surface area contributed by atoms with E-state index in [1.165, 1.54) is 7.11 Å². The molecule has 2 rings (SSSR count). The van der Waals surface area contributed by atoms with Gasteiger partial charge in [0.2, 0.25) is 22.2 Å². The van der Waals surface area contributed by atoms with Gasteiger partial charge in [0.1, 0.15) is 5.75 Å². The Labute approximate surface area is 166 Å². The fourth-order valence-corrected chi connectivity index (χ4v) is 3.99. The fourth-order valence-electron chi connectivity index (χ4n) is 2.81. The Kier molecular flexibility index (Phi) is 7.79. The van der Waals surface area contributed by atoms with Crippen LogP contribution in [0.1, 0.15) is 38.2 Å². The molecular formula is C20H27N2O5S. The molecule has 0 saturated carbocycles. The van der Waals surface area contributed by atoms with E-state index in [-0.39, 0.29) is 18.1 Å². The van der Waals surface area contributed by atoms with Crippen LogP contribution < -0.4 is 15.2 Å². The number of hydrogen-bond donors (Lipinski definition) is 1. The third-order valence-corrected chi connectivity index (χ3v) is 5.92. The van der Waals surface area contributed by atoms with Crippen LogP contribution in [0, 0.1) is 0 Å². The predicted octanol–water partition coefficient (Wildman–Crippen LogP) is 2.82. The number of fused-ring (bicyclic) bond motifs is 1. The minimum absolute atomic E-state index is 0.0351. The van der Waals surface area contributed by atoms with Gasteiger partial charge in [-0.2, -0.15) is 0 Å². The van der Waals surface area contributed by atoms with Crippen LogP contribution in [-0.2, 0) is 19.6 Å². The summed E-state index contributed by atoms with van der Waals surface area (Å²) in [6, 6.07) is 11.5. The maximum Gasteiger partial charge on any atom is 0.244 e. The summed E-state index contributed by atoms with van der Waals surface area (Å²) in [7, 11) is -1.79. The molecule has 2 aromatic rings. The van der Waals surface area contributed by atoms with Gasteiger partial charge in [-0.3, -0.25) is 10.5 Å². The molecule has 0 aliphatic rings. The quantitative estimate of drug-likeness (QED) is 0.577. The average molecular weight is 408 g/mol. The number of ether oxygens (including phenoxy) is 2. The van der Waals surface area contributed by atoms with Gasteiger partial charge in [0.15, 0.2) is 0 Å². The van der Waals surface area contributed by atoms with E-state index in [2.05, 4.69) is 4.72 Å². The van der Waals surface area contributed by atoms with E-state index in [1.54, 1.807) is 6.07 Å². The van der Waals surface area contributed by atoms with Gasteiger partial charge in [-0.05, 0) is 40.8 Å². The molecule has 0 bridgehead atoms. The number of hydrogen-bond acceptors (Lipinski definition) is 5. The van der Waals surface area contributed by atoms with Crippen molar-refractivity contribution in [3.8, 4) is 5.75 Å². The smallest absolute Gasteiger partial charge is 0.244 e. The second-order valence-electron chi connectivity index (χ2n) is 6.75. The first-order chi connectivity index (χ1) is 13.2. The zero-order valence-electron chi connectivity index (χ0n) is 16.4. The van der Waals surface area contributed by atoms with Crippen LogP contribution in [0.5, 0.6) is 5.75 Å². The van der Waals surface area contributed by atoms with E-state index in [1.807, 2.05) is 44.2 Å². The SMILES string of the molecule is CCCS(=O)(=O)NCC(C)c1ccc2cc(OC(CC([NH])=O)OC)ccc2c1. The highest BCUT2D eigenvalue weighted by Crippen LogP contribution is 2.26. The van der Waals surface area contributed by atoms with Crippen LogP contribution in [0.4, 0.5) is 0 Å². The van der Waals surface area contributed by atoms with E-state index in [0.717, 1.165) is 16.3 Å². The standard InChI is InChI=1S/C20H27N2O5S/c1-4-9-28(24,25)22-13-14(2)15-5-6-17-11-18(8-7-16(17)10-15)27-20(26-3)12-19(21)23/h5-8,10-11,14,20-22H,4,9,12-13H2,1-3H3. The Morgan fingerprint density at radius 3 is 2.50 bits per heavy atom. The molecule has 28 heavy (non-hydrogen) atoms. The normalized spacial score (nSPS) is 14.0. The molecule has 0 saturated heterocycles. The lowest BCUT2D eigenvalue weighted by atomic mass is 9.98. The van der Waals surface area contributed by atoms with Crippen molar-refractivity contribution >= 4 is 26.7 Å². The highest BCUT2D eigenvalue weighted by atomic mass is 32.2. The number of amides is 1. The Morgan fingerprint density at radius 1 is 1.18 bits per heavy atom. The van der Waals surface area contributed by atoms with Gasteiger partial charge in [0.05, 0.1) is 12.2 Å². The van der Waals surface area contributed by atoms with E-state index in [9.17, 15) is 13.2 Å². The van der Waals surface area contributed by atoms with Gasteiger partial charge in [-0.25, -0.2) is 13.1 Å². The third-order valence-electron chi connectivity index (χ3n) is 4.37. The van der Waals surface area contributed by atoms with Crippen molar-refractivity contribution < 1.29 is 22.7 Å². The summed E-state index contributed by atoms with van der Waals surface area (Å²) in [6.07, 6.45) is -0.346. The summed E-state index contributed by atoms with van der Waals surface area (Å²) in [4.78, 5) is 10.9. The molecule has 153 valence electrons. The molecule has 2 N–H and O–H groups in total. The van der Waals surface area contributed by atoms with Crippen molar-refractivity contribution in [3.63, 3.8) is 0 Å². The average Bonchev–Trinajstić information content (AvgIpc) is 2.64. The summed E-state index contributed by atoms with van der Waals surface area (Å²) in [5.41, 5.74) is 8.06. The Morgan fingerprint density at radius 2 is 1.86 bits per heavy atom. The van der Waals surface area contributed by atoms with Crippen LogP contribution in [-0.4, -0.2) is 40.0 Å². The zero-order valence-corrected chi connectivity index (χ0v) is 17.2. The molecule has 1 radical (unpaired) electrons. The monoisotopic (exact) mass is 407 g/mol. The molecule has 0 aromatic heterocycles. The summed E-state index contributed by atoms with van der Waals surface area (Å²) < 4.78 is 37.0. The number of benzene rings is 2. The van der Waals surface area contributed by atoms with Crippen LogP contribution in [0.15, 0.2) is 36.4 Å². The molecule has 1 amide bonds. The minimum atomic E-state index is -3.22. The Balaban J connectivity index is 2.10. The summed E-state index contributed by atoms with van der Waals surface area (Å²) in [6.45, 7) is 4.17. The number of methoxy groups -OCH3 is 1. The molecule has 0 heterocycles. The highest BCUT2D eigenvalue weighted by Gasteiger charge is 2.15. The number of sulfonamides is 1. The molecule has 2 aromatic carbocycles. The largest absolute Gasteiger partial charge is 0.464 e. The van der Waals surface area contributed by atoms with Crippen molar-refractivity contribution in [2.45, 2.75) is 38.9 Å². The van der Waals surface area contributed by atoms with Gasteiger partial charge in [-0.1, -0.05) is 38.1 Å². The molecule has 8 heteroatoms. The molecule has 0 aliphatic heterocycles. The Hall–Kier alpha value is -2.16. The molecule has 2 atom stereocenters. The highest BCUT2D eigenvalue weighted by molar-refractivity contribution is 7.89. The van der Waals surface area contributed by atoms with Crippen molar-refractivity contribution in [1.29, 1.82) is 0 Å². The summed E-state index contributed by atoms with van der Waals surface area (Å²) >= 11 is 0. The molecular weight excluding hydrogens is 380 g/mol. The first-order valence-corrected chi connectivity index (χ1v) is 10.8. The molecule has 0 fully saturated rings. The number of carbonyl (C=O) groups excluding carboxylic acids is 1. The second kappa shape index (κ2) is 9.86. The van der Waals surface area contributed by atoms with Gasteiger partial charge in [0.25, 0.3) is 0 Å².